The smallest absolute Gasteiger partial charge is 0.127 e. The number of nitrogen functional groups attached to an aromatic ring is 1. The molecule has 1 aromatic carbocycles. The number of benzene rings is 1. The van der Waals surface area contributed by atoms with Crippen LogP contribution in [0.25, 0.3) is 11.3 Å². The van der Waals surface area contributed by atoms with E-state index in [-0.39, 0.29) is 6.61 Å². The van der Waals surface area contributed by atoms with E-state index < -0.39 is 0 Å². The van der Waals surface area contributed by atoms with Gasteiger partial charge in [-0.05, 0) is 25.0 Å². The first-order chi connectivity index (χ1) is 7.81. The van der Waals surface area contributed by atoms with Gasteiger partial charge in [0.2, 0.25) is 0 Å². The van der Waals surface area contributed by atoms with Crippen LogP contribution >= 0.6 is 0 Å². The normalized spacial score (nSPS) is 10.6. The van der Waals surface area contributed by atoms with E-state index in [0.29, 0.717) is 6.42 Å². The Morgan fingerprint density at radius 1 is 1.25 bits per heavy atom. The van der Waals surface area contributed by atoms with Crippen LogP contribution < -0.4 is 5.73 Å². The number of aromatic nitrogens is 1. The van der Waals surface area contributed by atoms with Gasteiger partial charge in [-0.2, -0.15) is 0 Å². The molecule has 0 atom stereocenters. The number of aryl methyl sites for hydroxylation is 1. The molecule has 1 aromatic heterocycles. The summed E-state index contributed by atoms with van der Waals surface area (Å²) in [5.41, 5.74) is 9.17. The second-order valence-corrected chi connectivity index (χ2v) is 3.64. The highest BCUT2D eigenvalue weighted by molar-refractivity contribution is 5.64. The fraction of sp³-hybridized carbons (Fsp3) is 0.250. The van der Waals surface area contributed by atoms with Gasteiger partial charge < -0.3 is 15.4 Å². The monoisotopic (exact) mass is 218 g/mol. The molecule has 0 saturated heterocycles. The average molecular weight is 218 g/mol. The molecular weight excluding hydrogens is 204 g/mol. The number of anilines is 1. The van der Waals surface area contributed by atoms with Crippen molar-refractivity contribution in [1.29, 1.82) is 0 Å². The maximum absolute atomic E-state index is 8.80. The Kier molecular flexibility index (Phi) is 3.22. The van der Waals surface area contributed by atoms with Crippen molar-refractivity contribution in [3.63, 3.8) is 0 Å². The Morgan fingerprint density at radius 3 is 2.69 bits per heavy atom. The van der Waals surface area contributed by atoms with Gasteiger partial charge in [-0.15, -0.1) is 0 Å². The van der Waals surface area contributed by atoms with E-state index >= 15 is 0 Å². The van der Waals surface area contributed by atoms with E-state index in [1.165, 1.54) is 0 Å². The standard InChI is InChI=1S/C12H14N2O2/c13-11-5-3-9(4-6-11)12-10(2-1-7-15)8-16-14-12/h3-6,8,15H,1-2,7,13H2. The number of hydrogen-bond donors (Lipinski definition) is 2. The van der Waals surface area contributed by atoms with Gasteiger partial charge in [0.1, 0.15) is 12.0 Å². The van der Waals surface area contributed by atoms with E-state index in [0.717, 1.165) is 28.9 Å². The lowest BCUT2D eigenvalue weighted by molar-refractivity contribution is 0.288. The summed E-state index contributed by atoms with van der Waals surface area (Å²) in [4.78, 5) is 0. The molecule has 0 unspecified atom stereocenters. The fourth-order valence-corrected chi connectivity index (χ4v) is 1.58. The predicted octanol–water partition coefficient (Wildman–Crippen LogP) is 1.85. The molecule has 4 nitrogen and oxygen atoms in total. The molecule has 2 rings (SSSR count). The Balaban J connectivity index is 2.26. The Bertz CT molecular complexity index is 448. The molecule has 0 aliphatic carbocycles. The van der Waals surface area contributed by atoms with Gasteiger partial charge >= 0.3 is 0 Å². The van der Waals surface area contributed by atoms with Crippen LogP contribution in [-0.4, -0.2) is 16.9 Å². The first kappa shape index (κ1) is 10.7. The van der Waals surface area contributed by atoms with Crippen molar-refractivity contribution in [3.05, 3.63) is 36.1 Å². The lowest BCUT2D eigenvalue weighted by Gasteiger charge is -2.00. The zero-order valence-corrected chi connectivity index (χ0v) is 8.89. The number of nitrogens with zero attached hydrogens (tertiary/aromatic N) is 1. The molecule has 0 aliphatic rings. The SMILES string of the molecule is Nc1ccc(-c2nocc2CCCO)cc1. The summed E-state index contributed by atoms with van der Waals surface area (Å²) in [6, 6.07) is 7.49. The van der Waals surface area contributed by atoms with Crippen molar-refractivity contribution < 1.29 is 9.63 Å². The maximum atomic E-state index is 8.80. The van der Waals surface area contributed by atoms with Gasteiger partial charge in [0.15, 0.2) is 0 Å². The van der Waals surface area contributed by atoms with Crippen molar-refractivity contribution in [2.75, 3.05) is 12.3 Å². The molecule has 16 heavy (non-hydrogen) atoms. The molecule has 0 radical (unpaired) electrons. The van der Waals surface area contributed by atoms with E-state index in [2.05, 4.69) is 5.16 Å². The molecule has 0 fully saturated rings. The molecular formula is C12H14N2O2. The molecule has 1 heterocycles. The van der Waals surface area contributed by atoms with Crippen molar-refractivity contribution in [2.45, 2.75) is 12.8 Å². The second kappa shape index (κ2) is 4.81. The Hall–Kier alpha value is -1.81. The third-order valence-corrected chi connectivity index (χ3v) is 2.43. The first-order valence-electron chi connectivity index (χ1n) is 5.21. The lowest BCUT2D eigenvalue weighted by Crippen LogP contribution is -1.91. The highest BCUT2D eigenvalue weighted by Crippen LogP contribution is 2.23. The molecule has 0 spiro atoms. The molecule has 0 saturated carbocycles. The third kappa shape index (κ3) is 2.23. The summed E-state index contributed by atoms with van der Waals surface area (Å²) in [5.74, 6) is 0. The van der Waals surface area contributed by atoms with Gasteiger partial charge in [0.25, 0.3) is 0 Å². The van der Waals surface area contributed by atoms with E-state index in [9.17, 15) is 0 Å². The molecule has 0 aliphatic heterocycles. The lowest BCUT2D eigenvalue weighted by atomic mass is 10.0. The van der Waals surface area contributed by atoms with Crippen molar-refractivity contribution in [2.24, 2.45) is 0 Å². The summed E-state index contributed by atoms with van der Waals surface area (Å²) in [6.07, 6.45) is 3.10. The topological polar surface area (TPSA) is 72.3 Å². The zero-order valence-electron chi connectivity index (χ0n) is 8.89. The van der Waals surface area contributed by atoms with Crippen LogP contribution in [0, 0.1) is 0 Å². The summed E-state index contributed by atoms with van der Waals surface area (Å²) < 4.78 is 4.96. The van der Waals surface area contributed by atoms with E-state index in [1.807, 2.05) is 24.3 Å². The fourth-order valence-electron chi connectivity index (χ4n) is 1.58. The van der Waals surface area contributed by atoms with Gasteiger partial charge in [0, 0.05) is 23.4 Å². The number of hydrogen-bond acceptors (Lipinski definition) is 4. The van der Waals surface area contributed by atoms with Gasteiger partial charge in [-0.3, -0.25) is 0 Å². The van der Waals surface area contributed by atoms with Crippen LogP contribution in [0.4, 0.5) is 5.69 Å². The quantitative estimate of drug-likeness (QED) is 0.768. The molecule has 0 bridgehead atoms. The van der Waals surface area contributed by atoms with Crippen LogP contribution in [0.15, 0.2) is 35.1 Å². The van der Waals surface area contributed by atoms with Crippen LogP contribution in [-0.2, 0) is 6.42 Å². The predicted molar refractivity (Wildman–Crippen MR) is 61.8 cm³/mol. The minimum absolute atomic E-state index is 0.173. The van der Waals surface area contributed by atoms with Crippen LogP contribution in [0.3, 0.4) is 0 Å². The summed E-state index contributed by atoms with van der Waals surface area (Å²) >= 11 is 0. The average Bonchev–Trinajstić information content (AvgIpc) is 2.75. The van der Waals surface area contributed by atoms with E-state index in [4.69, 9.17) is 15.4 Å². The summed E-state index contributed by atoms with van der Waals surface area (Å²) in [7, 11) is 0. The minimum atomic E-state index is 0.173. The number of rotatable bonds is 4. The summed E-state index contributed by atoms with van der Waals surface area (Å²) in [5, 5.41) is 12.8. The van der Waals surface area contributed by atoms with Crippen molar-refractivity contribution in [1.82, 2.24) is 5.16 Å². The molecule has 84 valence electrons. The van der Waals surface area contributed by atoms with Gasteiger partial charge in [0.05, 0.1) is 0 Å². The van der Waals surface area contributed by atoms with E-state index in [1.54, 1.807) is 6.26 Å². The molecule has 0 amide bonds. The Labute approximate surface area is 93.7 Å². The van der Waals surface area contributed by atoms with Crippen LogP contribution in [0.1, 0.15) is 12.0 Å². The minimum Gasteiger partial charge on any atom is -0.399 e. The number of aliphatic hydroxyl groups excluding tert-OH is 1. The first-order valence-corrected chi connectivity index (χ1v) is 5.21. The molecule has 2 aromatic rings. The van der Waals surface area contributed by atoms with Crippen molar-refractivity contribution in [3.8, 4) is 11.3 Å². The largest absolute Gasteiger partial charge is 0.399 e. The highest BCUT2D eigenvalue weighted by atomic mass is 16.5. The zero-order chi connectivity index (χ0) is 11.4. The van der Waals surface area contributed by atoms with Crippen LogP contribution in [0.5, 0.6) is 0 Å². The third-order valence-electron chi connectivity index (χ3n) is 2.43. The highest BCUT2D eigenvalue weighted by Gasteiger charge is 2.09. The molecule has 3 N–H and O–H groups in total. The van der Waals surface area contributed by atoms with Crippen molar-refractivity contribution >= 4 is 5.69 Å². The van der Waals surface area contributed by atoms with Gasteiger partial charge in [-0.25, -0.2) is 0 Å². The van der Waals surface area contributed by atoms with Gasteiger partial charge in [-0.1, -0.05) is 17.3 Å². The Morgan fingerprint density at radius 2 is 2.00 bits per heavy atom. The number of nitrogens with two attached hydrogens (primary N) is 1. The summed E-state index contributed by atoms with van der Waals surface area (Å²) in [6.45, 7) is 0.173. The number of aliphatic hydroxyl groups is 1. The second-order valence-electron chi connectivity index (χ2n) is 3.64. The molecule has 4 heteroatoms. The maximum Gasteiger partial charge on any atom is 0.127 e. The van der Waals surface area contributed by atoms with Crippen LogP contribution in [0.2, 0.25) is 0 Å².